The third-order valence-electron chi connectivity index (χ3n) is 1.77. The Morgan fingerprint density at radius 3 is 2.93 bits per heavy atom. The van der Waals surface area contributed by atoms with Crippen molar-refractivity contribution in [1.29, 1.82) is 0 Å². The summed E-state index contributed by atoms with van der Waals surface area (Å²) in [6, 6.07) is 11.2. The zero-order valence-corrected chi connectivity index (χ0v) is 8.63. The number of hydrogen-bond donors (Lipinski definition) is 1. The summed E-state index contributed by atoms with van der Waals surface area (Å²) in [5.41, 5.74) is 0.883. The Kier molecular flexibility index (Phi) is 4.00. The first kappa shape index (κ1) is 10.6. The lowest BCUT2D eigenvalue weighted by molar-refractivity contribution is -0.120. The summed E-state index contributed by atoms with van der Waals surface area (Å²) in [5.74, 6) is 0.541. The minimum atomic E-state index is 0.0505. The standard InChI is InChI=1S/C12H15NO/c1-10(2)9-13-12(14)8-11-6-4-3-5-7-11/h3-4,6,10H,8-9H2,1-2H3,(H,13,14). The van der Waals surface area contributed by atoms with Gasteiger partial charge in [0, 0.05) is 12.1 Å². The van der Waals surface area contributed by atoms with Crippen LogP contribution in [0.4, 0.5) is 0 Å². The van der Waals surface area contributed by atoms with Gasteiger partial charge in [-0.3, -0.25) is 4.79 Å². The van der Waals surface area contributed by atoms with Crippen molar-refractivity contribution >= 4 is 5.91 Å². The summed E-state index contributed by atoms with van der Waals surface area (Å²) in [5, 5.41) is 2.86. The fourth-order valence-electron chi connectivity index (χ4n) is 1.04. The number of carbonyl (C=O) groups excluding carboxylic acids is 1. The number of hydrogen-bond acceptors (Lipinski definition) is 1. The Bertz CT molecular complexity index is 280. The van der Waals surface area contributed by atoms with Gasteiger partial charge >= 0.3 is 0 Å². The minimum Gasteiger partial charge on any atom is -0.356 e. The smallest absolute Gasteiger partial charge is 0.225 e. The molecule has 1 amide bonds. The number of rotatable bonds is 4. The second-order valence-electron chi connectivity index (χ2n) is 3.70. The highest BCUT2D eigenvalue weighted by molar-refractivity contribution is 5.78. The number of amides is 1. The van der Waals surface area contributed by atoms with Crippen LogP contribution in [0.3, 0.4) is 0 Å². The maximum atomic E-state index is 11.4. The van der Waals surface area contributed by atoms with E-state index in [2.05, 4.69) is 31.3 Å². The molecular weight excluding hydrogens is 174 g/mol. The van der Waals surface area contributed by atoms with Crippen molar-refractivity contribution in [3.05, 3.63) is 35.9 Å². The Morgan fingerprint density at radius 2 is 2.36 bits per heavy atom. The largest absolute Gasteiger partial charge is 0.356 e. The molecule has 2 heteroatoms. The van der Waals surface area contributed by atoms with Crippen molar-refractivity contribution in [1.82, 2.24) is 5.32 Å². The average molecular weight is 189 g/mol. The molecule has 0 aliphatic heterocycles. The molecule has 1 aromatic rings. The van der Waals surface area contributed by atoms with Gasteiger partial charge in [-0.1, -0.05) is 32.0 Å². The molecule has 0 bridgehead atoms. The van der Waals surface area contributed by atoms with Gasteiger partial charge in [0.15, 0.2) is 0 Å². The molecule has 0 aliphatic carbocycles. The molecule has 0 atom stereocenters. The minimum absolute atomic E-state index is 0.0505. The normalized spacial score (nSPS) is 9.64. The topological polar surface area (TPSA) is 29.1 Å². The van der Waals surface area contributed by atoms with E-state index < -0.39 is 0 Å². The van der Waals surface area contributed by atoms with E-state index in [4.69, 9.17) is 0 Å². The molecule has 0 saturated heterocycles. The van der Waals surface area contributed by atoms with Crippen LogP contribution in [0.1, 0.15) is 19.4 Å². The van der Waals surface area contributed by atoms with Gasteiger partial charge in [0.05, 0.1) is 6.42 Å². The number of carbonyl (C=O) groups is 1. The molecule has 1 N–H and O–H groups in total. The molecule has 2 nitrogen and oxygen atoms in total. The van der Waals surface area contributed by atoms with Crippen LogP contribution >= 0.6 is 0 Å². The van der Waals surface area contributed by atoms with Crippen LogP contribution in [0, 0.1) is 18.1 Å². The predicted octanol–water partition coefficient (Wildman–Crippen LogP) is 1.60. The van der Waals surface area contributed by atoms with Crippen LogP contribution in [0.25, 0.3) is 0 Å². The summed E-state index contributed by atoms with van der Waals surface area (Å²) < 4.78 is 0. The van der Waals surface area contributed by atoms with Crippen molar-refractivity contribution in [2.24, 2.45) is 5.92 Å². The van der Waals surface area contributed by atoms with Crippen LogP contribution in [0.5, 0.6) is 0 Å². The van der Waals surface area contributed by atoms with Crippen LogP contribution in [-0.4, -0.2) is 12.5 Å². The van der Waals surface area contributed by atoms with Crippen LogP contribution in [0.2, 0.25) is 0 Å². The summed E-state index contributed by atoms with van der Waals surface area (Å²) in [6.45, 7) is 4.88. The van der Waals surface area contributed by atoms with E-state index in [1.807, 2.05) is 12.1 Å². The highest BCUT2D eigenvalue weighted by Crippen LogP contribution is 1.95. The molecule has 1 aromatic carbocycles. The van der Waals surface area contributed by atoms with Crippen molar-refractivity contribution in [2.75, 3.05) is 6.54 Å². The van der Waals surface area contributed by atoms with Gasteiger partial charge in [-0.25, -0.2) is 0 Å². The van der Waals surface area contributed by atoms with Crippen molar-refractivity contribution in [2.45, 2.75) is 20.3 Å². The third kappa shape index (κ3) is 3.95. The Morgan fingerprint density at radius 1 is 1.57 bits per heavy atom. The maximum Gasteiger partial charge on any atom is 0.225 e. The van der Waals surface area contributed by atoms with Gasteiger partial charge in [0.25, 0.3) is 0 Å². The second kappa shape index (κ2) is 5.29. The molecule has 1 rings (SSSR count). The summed E-state index contributed by atoms with van der Waals surface area (Å²) in [7, 11) is 0. The molecular formula is C12H15NO. The first-order valence-electron chi connectivity index (χ1n) is 4.82. The first-order chi connectivity index (χ1) is 6.68. The van der Waals surface area contributed by atoms with E-state index in [1.165, 1.54) is 0 Å². The highest BCUT2D eigenvalue weighted by Gasteiger charge is 2.02. The summed E-state index contributed by atoms with van der Waals surface area (Å²) in [6.07, 6.45) is 0.393. The molecule has 0 saturated carbocycles. The molecule has 0 unspecified atom stereocenters. The average Bonchev–Trinajstić information content (AvgIpc) is 2.16. The van der Waals surface area contributed by atoms with E-state index in [0.29, 0.717) is 12.3 Å². The van der Waals surface area contributed by atoms with Crippen molar-refractivity contribution in [3.63, 3.8) is 0 Å². The summed E-state index contributed by atoms with van der Waals surface area (Å²) in [4.78, 5) is 11.4. The fraction of sp³-hybridized carbons (Fsp3) is 0.417. The lowest BCUT2D eigenvalue weighted by Crippen LogP contribution is -2.28. The zero-order valence-electron chi connectivity index (χ0n) is 8.63. The molecule has 74 valence electrons. The van der Waals surface area contributed by atoms with E-state index in [0.717, 1.165) is 12.1 Å². The zero-order chi connectivity index (χ0) is 10.4. The van der Waals surface area contributed by atoms with Crippen LogP contribution in [0.15, 0.2) is 18.2 Å². The van der Waals surface area contributed by atoms with Gasteiger partial charge in [0.2, 0.25) is 5.91 Å². The van der Waals surface area contributed by atoms with E-state index in [9.17, 15) is 4.79 Å². The van der Waals surface area contributed by atoms with E-state index in [1.54, 1.807) is 6.07 Å². The fourth-order valence-corrected chi connectivity index (χ4v) is 1.04. The van der Waals surface area contributed by atoms with Gasteiger partial charge in [-0.15, -0.1) is 0 Å². The van der Waals surface area contributed by atoms with Crippen LogP contribution in [-0.2, 0) is 11.2 Å². The van der Waals surface area contributed by atoms with Crippen molar-refractivity contribution < 1.29 is 4.79 Å². The van der Waals surface area contributed by atoms with Gasteiger partial charge in [-0.2, -0.15) is 0 Å². The van der Waals surface area contributed by atoms with E-state index in [-0.39, 0.29) is 5.91 Å². The summed E-state index contributed by atoms with van der Waals surface area (Å²) >= 11 is 0. The molecule has 0 aliphatic rings. The Balaban J connectivity index is 2.35. The maximum absolute atomic E-state index is 11.4. The van der Waals surface area contributed by atoms with E-state index >= 15 is 0 Å². The lowest BCUT2D eigenvalue weighted by Gasteiger charge is -2.06. The quantitative estimate of drug-likeness (QED) is 0.766. The van der Waals surface area contributed by atoms with Gasteiger partial charge < -0.3 is 5.32 Å². The molecule has 0 fully saturated rings. The molecule has 0 aromatic heterocycles. The third-order valence-corrected chi connectivity index (χ3v) is 1.77. The second-order valence-corrected chi connectivity index (χ2v) is 3.70. The lowest BCUT2D eigenvalue weighted by atomic mass is 10.2. The molecule has 0 spiro atoms. The SMILES string of the molecule is CC(C)CNC(=O)Cc1c#cccc1. The van der Waals surface area contributed by atoms with Crippen molar-refractivity contribution in [3.8, 4) is 0 Å². The highest BCUT2D eigenvalue weighted by atomic mass is 16.1. The Labute approximate surface area is 85.3 Å². The Hall–Kier alpha value is -1.49. The van der Waals surface area contributed by atoms with Crippen LogP contribution < -0.4 is 5.32 Å². The molecule has 14 heavy (non-hydrogen) atoms. The first-order valence-corrected chi connectivity index (χ1v) is 4.82. The molecule has 0 heterocycles. The number of nitrogens with one attached hydrogen (secondary N) is 1. The predicted molar refractivity (Wildman–Crippen MR) is 55.7 cm³/mol. The monoisotopic (exact) mass is 189 g/mol. The molecule has 0 radical (unpaired) electrons. The van der Waals surface area contributed by atoms with Gasteiger partial charge in [0.1, 0.15) is 0 Å². The van der Waals surface area contributed by atoms with Gasteiger partial charge in [-0.05, 0) is 18.1 Å².